The molecule has 0 saturated carbocycles. The molecule has 1 N–H and O–H groups in total. The van der Waals surface area contributed by atoms with Crippen LogP contribution in [0, 0.1) is 0 Å². The largest absolute Gasteiger partial charge is 0.373 e. The van der Waals surface area contributed by atoms with E-state index in [1.165, 1.54) is 0 Å². The van der Waals surface area contributed by atoms with Crippen LogP contribution in [0.5, 0.6) is 0 Å². The van der Waals surface area contributed by atoms with E-state index in [9.17, 15) is 0 Å². The summed E-state index contributed by atoms with van der Waals surface area (Å²) in [5, 5.41) is 2.95. The number of rotatable bonds is 2. The van der Waals surface area contributed by atoms with Gasteiger partial charge in [0.1, 0.15) is 5.82 Å². The molecule has 0 bridgehead atoms. The Labute approximate surface area is 88.4 Å². The highest BCUT2D eigenvalue weighted by Gasteiger charge is 2.03. The maximum absolute atomic E-state index is 4.33. The molecule has 5 heteroatoms. The first-order chi connectivity index (χ1) is 7.38. The Morgan fingerprint density at radius 2 is 2.40 bits per heavy atom. The van der Waals surface area contributed by atoms with Gasteiger partial charge in [-0.25, -0.2) is 9.98 Å². The molecular formula is C10H13N5. The van der Waals surface area contributed by atoms with Crippen LogP contribution in [0.15, 0.2) is 22.2 Å². The summed E-state index contributed by atoms with van der Waals surface area (Å²) in [6.45, 7) is 0.899. The van der Waals surface area contributed by atoms with E-state index in [1.807, 2.05) is 7.05 Å². The number of hydrogen-bond acceptors (Lipinski definition) is 5. The Morgan fingerprint density at radius 1 is 1.47 bits per heavy atom. The zero-order valence-electron chi connectivity index (χ0n) is 8.64. The van der Waals surface area contributed by atoms with Gasteiger partial charge in [0.2, 0.25) is 0 Å². The van der Waals surface area contributed by atoms with Gasteiger partial charge in [0.25, 0.3) is 5.95 Å². The van der Waals surface area contributed by atoms with Crippen LogP contribution in [0.25, 0.3) is 0 Å². The van der Waals surface area contributed by atoms with Crippen molar-refractivity contribution in [2.45, 2.75) is 12.8 Å². The van der Waals surface area contributed by atoms with Crippen molar-refractivity contribution in [3.8, 4) is 0 Å². The number of nitrogens with zero attached hydrogens (tertiary/aromatic N) is 4. The van der Waals surface area contributed by atoms with Crippen molar-refractivity contribution in [1.82, 2.24) is 9.97 Å². The SMILES string of the molecule is CNc1ccnc(N=C2C=NCCC2)n1. The summed E-state index contributed by atoms with van der Waals surface area (Å²) in [7, 11) is 1.82. The number of aliphatic imine (C=N–C) groups is 2. The molecule has 0 spiro atoms. The molecule has 0 radical (unpaired) electrons. The first-order valence-electron chi connectivity index (χ1n) is 4.96. The Morgan fingerprint density at radius 3 is 3.13 bits per heavy atom. The summed E-state index contributed by atoms with van der Waals surface area (Å²) < 4.78 is 0. The third-order valence-electron chi connectivity index (χ3n) is 2.10. The van der Waals surface area contributed by atoms with Crippen molar-refractivity contribution in [1.29, 1.82) is 0 Å². The van der Waals surface area contributed by atoms with Gasteiger partial charge < -0.3 is 5.32 Å². The molecule has 1 aromatic rings. The summed E-state index contributed by atoms with van der Waals surface area (Å²) in [5.41, 5.74) is 0.953. The predicted octanol–water partition coefficient (Wildman–Crippen LogP) is 1.46. The molecule has 5 nitrogen and oxygen atoms in total. The standard InChI is InChI=1S/C10H13N5/c1-11-9-4-6-13-10(15-9)14-8-3-2-5-12-7-8/h4,6-7H,2-3,5H2,1H3,(H,11,13,15). The number of aromatic nitrogens is 2. The second kappa shape index (κ2) is 4.63. The summed E-state index contributed by atoms with van der Waals surface area (Å²) in [6.07, 6.45) is 5.51. The quantitative estimate of drug-likeness (QED) is 0.791. The molecule has 15 heavy (non-hydrogen) atoms. The second-order valence-electron chi connectivity index (χ2n) is 3.23. The van der Waals surface area contributed by atoms with Gasteiger partial charge in [0.15, 0.2) is 0 Å². The average Bonchev–Trinajstić information content (AvgIpc) is 2.31. The van der Waals surface area contributed by atoms with Gasteiger partial charge in [0, 0.05) is 26.0 Å². The minimum Gasteiger partial charge on any atom is -0.373 e. The first kappa shape index (κ1) is 9.76. The molecule has 0 saturated heterocycles. The molecule has 2 heterocycles. The van der Waals surface area contributed by atoms with E-state index in [-0.39, 0.29) is 0 Å². The Kier molecular flexibility index (Phi) is 3.02. The highest BCUT2D eigenvalue weighted by atomic mass is 15.1. The molecule has 78 valence electrons. The highest BCUT2D eigenvalue weighted by molar-refractivity contribution is 6.31. The third kappa shape index (κ3) is 2.59. The number of hydrogen-bond donors (Lipinski definition) is 1. The maximum atomic E-state index is 4.33. The molecule has 0 atom stereocenters. The van der Waals surface area contributed by atoms with Crippen molar-refractivity contribution < 1.29 is 0 Å². The summed E-state index contributed by atoms with van der Waals surface area (Å²) in [6, 6.07) is 1.80. The summed E-state index contributed by atoms with van der Waals surface area (Å²) in [4.78, 5) is 16.8. The monoisotopic (exact) mass is 203 g/mol. The van der Waals surface area contributed by atoms with Crippen LogP contribution >= 0.6 is 0 Å². The van der Waals surface area contributed by atoms with Crippen molar-refractivity contribution in [2.75, 3.05) is 18.9 Å². The Hall–Kier alpha value is -1.78. The van der Waals surface area contributed by atoms with E-state index < -0.39 is 0 Å². The van der Waals surface area contributed by atoms with Gasteiger partial charge in [0.05, 0.1) is 5.71 Å². The molecule has 0 aromatic carbocycles. The van der Waals surface area contributed by atoms with E-state index in [0.29, 0.717) is 5.95 Å². The zero-order chi connectivity index (χ0) is 10.5. The fraction of sp³-hybridized carbons (Fsp3) is 0.400. The Balaban J connectivity index is 2.22. The van der Waals surface area contributed by atoms with Gasteiger partial charge >= 0.3 is 0 Å². The van der Waals surface area contributed by atoms with Crippen LogP contribution in [-0.4, -0.2) is 35.5 Å². The lowest BCUT2D eigenvalue weighted by atomic mass is 10.2. The van der Waals surface area contributed by atoms with E-state index in [4.69, 9.17) is 0 Å². The zero-order valence-corrected chi connectivity index (χ0v) is 8.64. The van der Waals surface area contributed by atoms with Crippen LogP contribution in [0.3, 0.4) is 0 Å². The smallest absolute Gasteiger partial charge is 0.251 e. The maximum Gasteiger partial charge on any atom is 0.251 e. The van der Waals surface area contributed by atoms with Gasteiger partial charge in [-0.15, -0.1) is 0 Å². The van der Waals surface area contributed by atoms with Gasteiger partial charge in [-0.1, -0.05) is 0 Å². The van der Waals surface area contributed by atoms with Crippen LogP contribution in [0.4, 0.5) is 11.8 Å². The molecular weight excluding hydrogens is 190 g/mol. The first-order valence-corrected chi connectivity index (χ1v) is 4.96. The minimum absolute atomic E-state index is 0.491. The fourth-order valence-corrected chi connectivity index (χ4v) is 1.34. The number of nitrogens with one attached hydrogen (secondary N) is 1. The van der Waals surface area contributed by atoms with Crippen LogP contribution in [0.1, 0.15) is 12.8 Å². The predicted molar refractivity (Wildman–Crippen MR) is 61.3 cm³/mol. The normalized spacial score (nSPS) is 18.1. The molecule has 1 aromatic heterocycles. The van der Waals surface area contributed by atoms with Crippen molar-refractivity contribution in [3.63, 3.8) is 0 Å². The Bertz CT molecular complexity index is 397. The van der Waals surface area contributed by atoms with Gasteiger partial charge in [-0.2, -0.15) is 4.98 Å². The molecule has 0 fully saturated rings. The van der Waals surface area contributed by atoms with Crippen molar-refractivity contribution in [2.24, 2.45) is 9.98 Å². The average molecular weight is 203 g/mol. The van der Waals surface area contributed by atoms with E-state index in [1.54, 1.807) is 18.5 Å². The minimum atomic E-state index is 0.491. The highest BCUT2D eigenvalue weighted by Crippen LogP contribution is 2.10. The van der Waals surface area contributed by atoms with Crippen molar-refractivity contribution >= 4 is 23.7 Å². The molecule has 1 aliphatic rings. The lowest BCUT2D eigenvalue weighted by Gasteiger charge is -2.05. The third-order valence-corrected chi connectivity index (χ3v) is 2.10. The molecule has 2 rings (SSSR count). The van der Waals surface area contributed by atoms with Gasteiger partial charge in [-0.05, 0) is 18.9 Å². The van der Waals surface area contributed by atoms with E-state index >= 15 is 0 Å². The van der Waals surface area contributed by atoms with Crippen LogP contribution < -0.4 is 5.32 Å². The molecule has 1 aliphatic heterocycles. The van der Waals surface area contributed by atoms with E-state index in [2.05, 4.69) is 25.3 Å². The van der Waals surface area contributed by atoms with Crippen molar-refractivity contribution in [3.05, 3.63) is 12.3 Å². The summed E-state index contributed by atoms with van der Waals surface area (Å²) in [5.74, 6) is 1.27. The van der Waals surface area contributed by atoms with Crippen LogP contribution in [0.2, 0.25) is 0 Å². The molecule has 0 unspecified atom stereocenters. The summed E-state index contributed by atoms with van der Waals surface area (Å²) >= 11 is 0. The fourth-order valence-electron chi connectivity index (χ4n) is 1.34. The van der Waals surface area contributed by atoms with E-state index in [0.717, 1.165) is 30.9 Å². The lowest BCUT2D eigenvalue weighted by Crippen LogP contribution is -2.07. The molecule has 0 aliphatic carbocycles. The number of anilines is 1. The van der Waals surface area contributed by atoms with Crippen LogP contribution in [-0.2, 0) is 0 Å². The lowest BCUT2D eigenvalue weighted by molar-refractivity contribution is 0.869. The topological polar surface area (TPSA) is 62.5 Å². The van der Waals surface area contributed by atoms with Gasteiger partial charge in [-0.3, -0.25) is 4.99 Å². The molecule has 0 amide bonds. The second-order valence-corrected chi connectivity index (χ2v) is 3.23.